The first-order valence-corrected chi connectivity index (χ1v) is 9.55. The van der Waals surface area contributed by atoms with Gasteiger partial charge in [0.25, 0.3) is 0 Å². The van der Waals surface area contributed by atoms with Crippen LogP contribution in [-0.4, -0.2) is 32.1 Å². The summed E-state index contributed by atoms with van der Waals surface area (Å²) in [6, 6.07) is 15.0. The second kappa shape index (κ2) is 8.81. The number of furan rings is 1. The molecule has 0 saturated heterocycles. The number of nitrogens with zero attached hydrogens (tertiary/aromatic N) is 1. The largest absolute Gasteiger partial charge is 0.496 e. The number of para-hydroxylation sites is 1. The second-order valence-electron chi connectivity index (χ2n) is 7.39. The molecule has 4 rings (SSSR count). The first kappa shape index (κ1) is 19.8. The Morgan fingerprint density at radius 2 is 2.00 bits per heavy atom. The number of hydrogen-bond acceptors (Lipinski definition) is 3. The van der Waals surface area contributed by atoms with Crippen molar-refractivity contribution >= 4 is 23.4 Å². The van der Waals surface area contributed by atoms with Gasteiger partial charge in [0.05, 0.1) is 13.4 Å². The van der Waals surface area contributed by atoms with E-state index in [0.717, 1.165) is 37.3 Å². The van der Waals surface area contributed by atoms with Gasteiger partial charge in [0.1, 0.15) is 11.3 Å². The van der Waals surface area contributed by atoms with Crippen LogP contribution in [0.25, 0.3) is 11.0 Å². The Morgan fingerprint density at radius 1 is 1.15 bits per heavy atom. The summed E-state index contributed by atoms with van der Waals surface area (Å²) >= 11 is 0. The van der Waals surface area contributed by atoms with Gasteiger partial charge in [0.2, 0.25) is 0 Å². The molecule has 1 unspecified atom stereocenters. The molecular formula is C23H28ClNO2. The Hall–Kier alpha value is -1.97. The molecule has 1 aromatic heterocycles. The van der Waals surface area contributed by atoms with Gasteiger partial charge in [-0.25, -0.2) is 0 Å². The minimum atomic E-state index is 0. The Balaban J connectivity index is 0.00000210. The van der Waals surface area contributed by atoms with Crippen molar-refractivity contribution in [3.05, 3.63) is 65.4 Å². The number of rotatable bonds is 6. The van der Waals surface area contributed by atoms with E-state index < -0.39 is 0 Å². The van der Waals surface area contributed by atoms with E-state index in [1.165, 1.54) is 34.9 Å². The number of likely N-dealkylation sites (N-methyl/N-ethyl adjacent to an activating group) is 1. The Labute approximate surface area is 167 Å². The summed E-state index contributed by atoms with van der Waals surface area (Å²) in [6.07, 6.45) is 6.44. The number of hydrogen-bond donors (Lipinski definition) is 0. The molecular weight excluding hydrogens is 358 g/mol. The van der Waals surface area contributed by atoms with Gasteiger partial charge >= 0.3 is 0 Å². The van der Waals surface area contributed by atoms with Crippen molar-refractivity contribution in [3.63, 3.8) is 0 Å². The molecule has 0 radical (unpaired) electrons. The molecule has 0 spiro atoms. The number of benzene rings is 2. The zero-order chi connectivity index (χ0) is 17.9. The van der Waals surface area contributed by atoms with Gasteiger partial charge in [-0.2, -0.15) is 0 Å². The van der Waals surface area contributed by atoms with E-state index in [1.807, 2.05) is 6.07 Å². The van der Waals surface area contributed by atoms with Gasteiger partial charge in [-0.1, -0.05) is 30.3 Å². The highest BCUT2D eigenvalue weighted by molar-refractivity contribution is 5.85. The smallest absolute Gasteiger partial charge is 0.137 e. The maximum Gasteiger partial charge on any atom is 0.137 e. The fourth-order valence-electron chi connectivity index (χ4n) is 4.32. The van der Waals surface area contributed by atoms with Crippen molar-refractivity contribution in [3.8, 4) is 5.75 Å². The zero-order valence-corrected chi connectivity index (χ0v) is 16.9. The predicted molar refractivity (Wildman–Crippen MR) is 113 cm³/mol. The minimum absolute atomic E-state index is 0. The summed E-state index contributed by atoms with van der Waals surface area (Å²) in [5, 5.41) is 1.19. The van der Waals surface area contributed by atoms with Crippen LogP contribution < -0.4 is 4.74 Å². The van der Waals surface area contributed by atoms with Gasteiger partial charge in [-0.05, 0) is 67.5 Å². The van der Waals surface area contributed by atoms with Crippen LogP contribution in [0, 0.1) is 0 Å². The van der Waals surface area contributed by atoms with Crippen molar-refractivity contribution in [2.75, 3.05) is 27.2 Å². The first-order valence-electron chi connectivity index (χ1n) is 9.55. The SMILES string of the molecule is COc1cccc2c1CCCC2CN(C)CCc1cccc2ccoc12.Cl. The first-order chi connectivity index (χ1) is 12.8. The lowest BCUT2D eigenvalue weighted by Crippen LogP contribution is -2.28. The summed E-state index contributed by atoms with van der Waals surface area (Å²) in [7, 11) is 4.01. The molecule has 3 aromatic rings. The van der Waals surface area contributed by atoms with Gasteiger partial charge < -0.3 is 14.1 Å². The molecule has 0 saturated carbocycles. The summed E-state index contributed by atoms with van der Waals surface area (Å²) < 4.78 is 11.3. The standard InChI is InChI=1S/C23H27NO2.ClH/c1-24(14-12-17-6-3-7-18-13-15-26-23(17)18)16-19-8-4-10-21-20(19)9-5-11-22(21)25-2;/h3,5-7,9,11,13,15,19H,4,8,10,12,14,16H2,1-2H3;1H. The maximum absolute atomic E-state index is 5.67. The molecule has 1 heterocycles. The van der Waals surface area contributed by atoms with Crippen LogP contribution in [0.3, 0.4) is 0 Å². The molecule has 27 heavy (non-hydrogen) atoms. The van der Waals surface area contributed by atoms with Crippen LogP contribution in [0.2, 0.25) is 0 Å². The van der Waals surface area contributed by atoms with E-state index in [4.69, 9.17) is 9.15 Å². The van der Waals surface area contributed by atoms with Crippen LogP contribution in [0.5, 0.6) is 5.75 Å². The fraction of sp³-hybridized carbons (Fsp3) is 0.391. The number of methoxy groups -OCH3 is 1. The van der Waals surface area contributed by atoms with E-state index >= 15 is 0 Å². The average Bonchev–Trinajstić information content (AvgIpc) is 3.15. The summed E-state index contributed by atoms with van der Waals surface area (Å²) in [6.45, 7) is 2.13. The molecule has 2 aromatic carbocycles. The fourth-order valence-corrected chi connectivity index (χ4v) is 4.32. The lowest BCUT2D eigenvalue weighted by molar-refractivity contribution is 0.299. The van der Waals surface area contributed by atoms with Gasteiger partial charge in [-0.3, -0.25) is 0 Å². The minimum Gasteiger partial charge on any atom is -0.496 e. The molecule has 0 bridgehead atoms. The number of fused-ring (bicyclic) bond motifs is 2. The summed E-state index contributed by atoms with van der Waals surface area (Å²) in [5.41, 5.74) is 5.23. The molecule has 0 amide bonds. The predicted octanol–water partition coefficient (Wildman–Crippen LogP) is 5.46. The van der Waals surface area contributed by atoms with Crippen LogP contribution in [0.1, 0.15) is 35.4 Å². The molecule has 0 fully saturated rings. The van der Waals surface area contributed by atoms with Crippen LogP contribution in [0.4, 0.5) is 0 Å². The third-order valence-corrected chi connectivity index (χ3v) is 5.66. The van der Waals surface area contributed by atoms with Crippen molar-refractivity contribution in [1.82, 2.24) is 4.90 Å². The van der Waals surface area contributed by atoms with E-state index in [9.17, 15) is 0 Å². The summed E-state index contributed by atoms with van der Waals surface area (Å²) in [5.74, 6) is 1.65. The van der Waals surface area contributed by atoms with Gasteiger partial charge in [0.15, 0.2) is 0 Å². The van der Waals surface area contributed by atoms with Crippen LogP contribution in [0.15, 0.2) is 53.1 Å². The van der Waals surface area contributed by atoms with Gasteiger partial charge in [0, 0.05) is 18.5 Å². The maximum atomic E-state index is 5.67. The zero-order valence-electron chi connectivity index (χ0n) is 16.1. The molecule has 0 aliphatic heterocycles. The second-order valence-corrected chi connectivity index (χ2v) is 7.39. The van der Waals surface area contributed by atoms with Crippen molar-refractivity contribution in [2.24, 2.45) is 0 Å². The lowest BCUT2D eigenvalue weighted by atomic mass is 9.82. The molecule has 4 heteroatoms. The highest BCUT2D eigenvalue weighted by Crippen LogP contribution is 2.36. The molecule has 1 atom stereocenters. The van der Waals surface area contributed by atoms with Crippen molar-refractivity contribution in [2.45, 2.75) is 31.6 Å². The quantitative estimate of drug-likeness (QED) is 0.563. The molecule has 0 N–H and O–H groups in total. The van der Waals surface area contributed by atoms with Crippen molar-refractivity contribution in [1.29, 1.82) is 0 Å². The van der Waals surface area contributed by atoms with E-state index in [-0.39, 0.29) is 12.4 Å². The number of ether oxygens (including phenoxy) is 1. The topological polar surface area (TPSA) is 25.6 Å². The van der Waals surface area contributed by atoms with E-state index in [0.29, 0.717) is 5.92 Å². The molecule has 3 nitrogen and oxygen atoms in total. The normalized spacial score (nSPS) is 16.2. The Bertz CT molecular complexity index is 889. The van der Waals surface area contributed by atoms with E-state index in [2.05, 4.69) is 48.3 Å². The molecule has 1 aliphatic rings. The van der Waals surface area contributed by atoms with E-state index in [1.54, 1.807) is 13.4 Å². The third kappa shape index (κ3) is 4.15. The van der Waals surface area contributed by atoms with Crippen LogP contribution >= 0.6 is 12.4 Å². The highest BCUT2D eigenvalue weighted by Gasteiger charge is 2.23. The van der Waals surface area contributed by atoms with Gasteiger partial charge in [-0.15, -0.1) is 12.4 Å². The highest BCUT2D eigenvalue weighted by atomic mass is 35.5. The Morgan fingerprint density at radius 3 is 2.85 bits per heavy atom. The lowest BCUT2D eigenvalue weighted by Gasteiger charge is -2.30. The van der Waals surface area contributed by atoms with Crippen LogP contribution in [-0.2, 0) is 12.8 Å². The van der Waals surface area contributed by atoms with Crippen molar-refractivity contribution < 1.29 is 9.15 Å². The third-order valence-electron chi connectivity index (χ3n) is 5.66. The average molecular weight is 386 g/mol. The summed E-state index contributed by atoms with van der Waals surface area (Å²) in [4.78, 5) is 2.46. The molecule has 1 aliphatic carbocycles. The number of halogens is 1. The Kier molecular flexibility index (Phi) is 6.46. The molecule has 144 valence electrons. The monoisotopic (exact) mass is 385 g/mol.